The van der Waals surface area contributed by atoms with E-state index in [1.807, 2.05) is 42.5 Å². The number of nitrogens with zero attached hydrogens (tertiary/aromatic N) is 2. The second kappa shape index (κ2) is 7.40. The molecule has 3 atom stereocenters. The zero-order valence-corrected chi connectivity index (χ0v) is 17.8. The number of aliphatic hydroxyl groups excluding tert-OH is 1. The lowest BCUT2D eigenvalue weighted by Crippen LogP contribution is -2.58. The van der Waals surface area contributed by atoms with Crippen molar-refractivity contribution in [1.82, 2.24) is 4.90 Å². The molecule has 0 fully saturated rings. The van der Waals surface area contributed by atoms with E-state index in [1.54, 1.807) is 38.5 Å². The molecule has 6 nitrogen and oxygen atoms in total. The minimum atomic E-state index is -1.37. The summed E-state index contributed by atoms with van der Waals surface area (Å²) >= 11 is 0. The largest absolute Gasteiger partial charge is 0.493 e. The van der Waals surface area contributed by atoms with E-state index in [0.717, 1.165) is 22.3 Å². The van der Waals surface area contributed by atoms with Crippen LogP contribution in [0.4, 0.5) is 0 Å². The summed E-state index contributed by atoms with van der Waals surface area (Å²) in [7, 11) is 3.12. The molecule has 2 aliphatic heterocycles. The third kappa shape index (κ3) is 2.65. The van der Waals surface area contributed by atoms with Crippen molar-refractivity contribution in [3.05, 3.63) is 94.5 Å². The highest BCUT2D eigenvalue weighted by atomic mass is 16.5. The molecule has 3 aromatic rings. The van der Waals surface area contributed by atoms with Gasteiger partial charge in [-0.05, 0) is 46.5 Å². The first-order chi connectivity index (χ1) is 15.6. The normalized spacial score (nSPS) is 22.9. The van der Waals surface area contributed by atoms with E-state index in [9.17, 15) is 15.2 Å². The van der Waals surface area contributed by atoms with E-state index in [0.29, 0.717) is 17.1 Å². The molecule has 32 heavy (non-hydrogen) atoms. The van der Waals surface area contributed by atoms with Crippen LogP contribution in [0.25, 0.3) is 0 Å². The van der Waals surface area contributed by atoms with E-state index in [-0.39, 0.29) is 12.3 Å². The third-order valence-corrected chi connectivity index (χ3v) is 6.57. The SMILES string of the molecule is COc1cc2c(cc1OC)[C@@H]1c3ccccc3[C@](C#N)(C2)N(C(=O)c2ccccc2)[C@@H]1O. The molecule has 0 saturated heterocycles. The van der Waals surface area contributed by atoms with Crippen LogP contribution in [-0.4, -0.2) is 36.4 Å². The lowest BCUT2D eigenvalue weighted by molar-refractivity contribution is -0.0463. The van der Waals surface area contributed by atoms with Gasteiger partial charge in [-0.25, -0.2) is 0 Å². The number of carbonyl (C=O) groups is 1. The summed E-state index contributed by atoms with van der Waals surface area (Å²) in [5.41, 5.74) is 2.28. The standard InChI is InChI=1S/C26H22N2O4/c1-31-21-12-17-14-26(15-27)20-11-7-6-10-18(20)23(19(17)13-22(21)32-2)25(30)28(26)24(29)16-8-4-3-5-9-16/h3-13,23,25,30H,14H2,1-2H3/t23-,25+,26+/m0/s1. The molecule has 1 N–H and O–H groups in total. The van der Waals surface area contributed by atoms with Gasteiger partial charge in [-0.15, -0.1) is 0 Å². The fourth-order valence-corrected chi connectivity index (χ4v) is 5.14. The predicted octanol–water partition coefficient (Wildman–Crippen LogP) is 3.59. The average molecular weight is 426 g/mol. The molecule has 1 aliphatic carbocycles. The van der Waals surface area contributed by atoms with Crippen LogP contribution in [0.5, 0.6) is 11.5 Å². The molecule has 0 saturated carbocycles. The number of fused-ring (bicyclic) bond motifs is 1. The monoisotopic (exact) mass is 426 g/mol. The van der Waals surface area contributed by atoms with Gasteiger partial charge in [-0.1, -0.05) is 42.5 Å². The Hall–Kier alpha value is -3.82. The molecule has 0 unspecified atom stereocenters. The lowest BCUT2D eigenvalue weighted by atomic mass is 9.76. The molecule has 0 radical (unpaired) electrons. The van der Waals surface area contributed by atoms with Crippen LogP contribution in [-0.2, 0) is 12.0 Å². The Morgan fingerprint density at radius 3 is 2.38 bits per heavy atom. The van der Waals surface area contributed by atoms with E-state index in [2.05, 4.69) is 6.07 Å². The van der Waals surface area contributed by atoms with Crippen molar-refractivity contribution in [3.63, 3.8) is 0 Å². The van der Waals surface area contributed by atoms with Crippen LogP contribution >= 0.6 is 0 Å². The molecule has 160 valence electrons. The second-order valence-electron chi connectivity index (χ2n) is 8.07. The number of methoxy groups -OCH3 is 2. The third-order valence-electron chi connectivity index (χ3n) is 6.57. The first-order valence-corrected chi connectivity index (χ1v) is 10.4. The summed E-state index contributed by atoms with van der Waals surface area (Å²) < 4.78 is 11.0. The minimum absolute atomic E-state index is 0.225. The van der Waals surface area contributed by atoms with Crippen LogP contribution in [0.1, 0.15) is 38.5 Å². The first kappa shape index (κ1) is 20.1. The van der Waals surface area contributed by atoms with Crippen molar-refractivity contribution in [2.45, 2.75) is 24.1 Å². The number of amides is 1. The van der Waals surface area contributed by atoms with E-state index >= 15 is 0 Å². The van der Waals surface area contributed by atoms with Gasteiger partial charge in [0.05, 0.1) is 26.2 Å². The predicted molar refractivity (Wildman–Crippen MR) is 117 cm³/mol. The number of benzene rings is 3. The van der Waals surface area contributed by atoms with Gasteiger partial charge in [-0.3, -0.25) is 9.69 Å². The average Bonchev–Trinajstić information content (AvgIpc) is 3.03. The Morgan fingerprint density at radius 2 is 1.69 bits per heavy atom. The molecule has 2 bridgehead atoms. The number of aliphatic hydroxyl groups is 1. The van der Waals surface area contributed by atoms with Gasteiger partial charge in [0, 0.05) is 12.0 Å². The maximum atomic E-state index is 13.7. The number of rotatable bonds is 3. The molecule has 1 amide bonds. The maximum absolute atomic E-state index is 13.7. The Bertz CT molecular complexity index is 1250. The fourth-order valence-electron chi connectivity index (χ4n) is 5.14. The summed E-state index contributed by atoms with van der Waals surface area (Å²) in [4.78, 5) is 15.0. The molecular formula is C26H22N2O4. The number of hydrogen-bond acceptors (Lipinski definition) is 5. The number of carbonyl (C=O) groups excluding carboxylic acids is 1. The van der Waals surface area contributed by atoms with E-state index < -0.39 is 17.7 Å². The van der Waals surface area contributed by atoms with Gasteiger partial charge >= 0.3 is 0 Å². The number of ether oxygens (including phenoxy) is 2. The minimum Gasteiger partial charge on any atom is -0.493 e. The zero-order valence-electron chi connectivity index (χ0n) is 17.8. The van der Waals surface area contributed by atoms with Crippen molar-refractivity contribution < 1.29 is 19.4 Å². The van der Waals surface area contributed by atoms with Gasteiger partial charge in [0.1, 0.15) is 6.23 Å². The molecule has 6 heteroatoms. The van der Waals surface area contributed by atoms with Crippen LogP contribution in [0.15, 0.2) is 66.7 Å². The van der Waals surface area contributed by atoms with Gasteiger partial charge in [0.15, 0.2) is 17.0 Å². The molecule has 6 rings (SSSR count). The summed E-state index contributed by atoms with van der Waals surface area (Å²) in [5.74, 6) is 0.164. The molecule has 0 aromatic heterocycles. The Balaban J connectivity index is 1.81. The topological polar surface area (TPSA) is 82.8 Å². The highest BCUT2D eigenvalue weighted by Gasteiger charge is 2.56. The maximum Gasteiger partial charge on any atom is 0.257 e. The summed E-state index contributed by atoms with van der Waals surface area (Å²) in [6.45, 7) is 0. The Morgan fingerprint density at radius 1 is 1.03 bits per heavy atom. The van der Waals surface area contributed by atoms with E-state index in [4.69, 9.17) is 9.47 Å². The van der Waals surface area contributed by atoms with Crippen molar-refractivity contribution in [2.24, 2.45) is 0 Å². The molecule has 0 spiro atoms. The molecule has 3 aromatic carbocycles. The Labute approximate surface area is 186 Å². The molecule has 3 aliphatic rings. The lowest BCUT2D eigenvalue weighted by Gasteiger charge is -2.47. The summed E-state index contributed by atoms with van der Waals surface area (Å²) in [5, 5.41) is 22.2. The quantitative estimate of drug-likeness (QED) is 0.692. The smallest absolute Gasteiger partial charge is 0.257 e. The van der Waals surface area contributed by atoms with Crippen molar-refractivity contribution in [1.29, 1.82) is 5.26 Å². The highest BCUT2D eigenvalue weighted by Crippen LogP contribution is 2.53. The van der Waals surface area contributed by atoms with Crippen LogP contribution < -0.4 is 9.47 Å². The van der Waals surface area contributed by atoms with Crippen molar-refractivity contribution >= 4 is 5.91 Å². The van der Waals surface area contributed by atoms with Crippen LogP contribution in [0.2, 0.25) is 0 Å². The van der Waals surface area contributed by atoms with Gasteiger partial charge in [0.25, 0.3) is 5.91 Å². The number of hydrogen-bond donors (Lipinski definition) is 1. The van der Waals surface area contributed by atoms with Crippen molar-refractivity contribution in [2.75, 3.05) is 14.2 Å². The van der Waals surface area contributed by atoms with Gasteiger partial charge in [0.2, 0.25) is 0 Å². The Kier molecular flexibility index (Phi) is 4.65. The second-order valence-corrected chi connectivity index (χ2v) is 8.07. The van der Waals surface area contributed by atoms with E-state index in [1.165, 1.54) is 4.90 Å². The van der Waals surface area contributed by atoms with Gasteiger partial charge < -0.3 is 14.6 Å². The van der Waals surface area contributed by atoms with Gasteiger partial charge in [-0.2, -0.15) is 5.26 Å². The zero-order chi connectivity index (χ0) is 22.5. The van der Waals surface area contributed by atoms with Crippen LogP contribution in [0, 0.1) is 11.3 Å². The summed E-state index contributed by atoms with van der Waals surface area (Å²) in [6, 6.07) is 22.4. The molecule has 2 heterocycles. The van der Waals surface area contributed by atoms with Crippen molar-refractivity contribution in [3.8, 4) is 17.6 Å². The first-order valence-electron chi connectivity index (χ1n) is 10.4. The number of nitriles is 1. The van der Waals surface area contributed by atoms with Crippen LogP contribution in [0.3, 0.4) is 0 Å². The molecular weight excluding hydrogens is 404 g/mol. The summed E-state index contributed by atoms with van der Waals surface area (Å²) in [6.07, 6.45) is -1.00. The fraction of sp³-hybridized carbons (Fsp3) is 0.231. The highest BCUT2D eigenvalue weighted by molar-refractivity contribution is 5.96.